The van der Waals surface area contributed by atoms with Gasteiger partial charge in [0, 0.05) is 19.7 Å². The summed E-state index contributed by atoms with van der Waals surface area (Å²) in [6.45, 7) is 4.46. The lowest BCUT2D eigenvalue weighted by Crippen LogP contribution is -2.40. The summed E-state index contributed by atoms with van der Waals surface area (Å²) in [7, 11) is -3.98. The Morgan fingerprint density at radius 3 is 2.38 bits per heavy atom. The Hall–Kier alpha value is -2.29. The van der Waals surface area contributed by atoms with Crippen LogP contribution in [0.25, 0.3) is 0 Å². The minimum atomic E-state index is -3.98. The van der Waals surface area contributed by atoms with E-state index < -0.39 is 21.7 Å². The average Bonchev–Trinajstić information content (AvgIpc) is 2.68. The lowest BCUT2D eigenvalue weighted by Gasteiger charge is -2.22. The number of sulfonamides is 1. The van der Waals surface area contributed by atoms with E-state index in [4.69, 9.17) is 4.74 Å². The van der Waals surface area contributed by atoms with Crippen molar-refractivity contribution in [2.45, 2.75) is 37.8 Å². The number of benzene rings is 2. The van der Waals surface area contributed by atoms with Crippen LogP contribution in [0, 0.1) is 5.82 Å². The van der Waals surface area contributed by atoms with Crippen LogP contribution in [-0.4, -0.2) is 44.4 Å². The molecule has 0 aliphatic rings. The molecule has 6 nitrogen and oxygen atoms in total. The summed E-state index contributed by atoms with van der Waals surface area (Å²) >= 11 is 0. The average molecular weight is 423 g/mol. The van der Waals surface area contributed by atoms with Crippen molar-refractivity contribution in [1.82, 2.24) is 9.62 Å². The highest BCUT2D eigenvalue weighted by molar-refractivity contribution is 7.89. The van der Waals surface area contributed by atoms with Gasteiger partial charge in [-0.05, 0) is 50.1 Å². The second-order valence-electron chi connectivity index (χ2n) is 6.84. The zero-order valence-electron chi connectivity index (χ0n) is 16.7. The largest absolute Gasteiger partial charge is 0.379 e. The topological polar surface area (TPSA) is 75.7 Å². The lowest BCUT2D eigenvalue weighted by molar-refractivity contribution is -0.121. The molecule has 0 atom stereocenters. The summed E-state index contributed by atoms with van der Waals surface area (Å²) in [6, 6.07) is 13.6. The fourth-order valence-electron chi connectivity index (χ4n) is 2.60. The molecule has 0 unspecified atom stereocenters. The molecule has 8 heteroatoms. The Kier molecular flexibility index (Phi) is 8.75. The molecule has 0 radical (unpaired) electrons. The number of carbonyl (C=O) groups is 1. The standard InChI is InChI=1S/C21H27FN2O4S/c1-17(2)28-14-6-13-23-21(25)16-24(15-18-7-4-3-5-8-18)29(26,27)20-11-9-19(22)10-12-20/h3-5,7-12,17H,6,13-16H2,1-2H3,(H,23,25). The van der Waals surface area contributed by atoms with Crippen molar-refractivity contribution in [1.29, 1.82) is 0 Å². The van der Waals surface area contributed by atoms with Gasteiger partial charge in [-0.2, -0.15) is 4.31 Å². The van der Waals surface area contributed by atoms with E-state index in [2.05, 4.69) is 5.32 Å². The number of rotatable bonds is 11. The van der Waals surface area contributed by atoms with E-state index in [0.717, 1.165) is 22.0 Å². The minimum absolute atomic E-state index is 0.0322. The third kappa shape index (κ3) is 7.56. The minimum Gasteiger partial charge on any atom is -0.379 e. The smallest absolute Gasteiger partial charge is 0.243 e. The van der Waals surface area contributed by atoms with E-state index in [9.17, 15) is 17.6 Å². The molecule has 1 amide bonds. The first-order valence-corrected chi connectivity index (χ1v) is 10.9. The zero-order chi connectivity index (χ0) is 21.3. The van der Waals surface area contributed by atoms with Crippen LogP contribution < -0.4 is 5.32 Å². The number of nitrogens with zero attached hydrogens (tertiary/aromatic N) is 1. The van der Waals surface area contributed by atoms with Crippen molar-refractivity contribution in [3.05, 3.63) is 66.0 Å². The van der Waals surface area contributed by atoms with Gasteiger partial charge in [-0.25, -0.2) is 12.8 Å². The summed E-state index contributed by atoms with van der Waals surface area (Å²) in [5, 5.41) is 2.72. The van der Waals surface area contributed by atoms with Gasteiger partial charge >= 0.3 is 0 Å². The highest BCUT2D eigenvalue weighted by Crippen LogP contribution is 2.18. The Balaban J connectivity index is 2.09. The maximum atomic E-state index is 13.2. The molecule has 2 rings (SSSR count). The van der Waals surface area contributed by atoms with Gasteiger partial charge in [0.2, 0.25) is 15.9 Å². The van der Waals surface area contributed by atoms with Crippen molar-refractivity contribution in [3.8, 4) is 0 Å². The Labute approximate surface area is 171 Å². The van der Waals surface area contributed by atoms with Crippen LogP contribution in [0.1, 0.15) is 25.8 Å². The van der Waals surface area contributed by atoms with Gasteiger partial charge in [-0.3, -0.25) is 4.79 Å². The summed E-state index contributed by atoms with van der Waals surface area (Å²) in [4.78, 5) is 12.3. The molecule has 0 saturated carbocycles. The fourth-order valence-corrected chi connectivity index (χ4v) is 3.99. The second kappa shape index (κ2) is 11.0. The predicted molar refractivity (Wildman–Crippen MR) is 109 cm³/mol. The normalized spacial score (nSPS) is 11.8. The highest BCUT2D eigenvalue weighted by atomic mass is 32.2. The van der Waals surface area contributed by atoms with Crippen molar-refractivity contribution in [2.75, 3.05) is 19.7 Å². The molecular weight excluding hydrogens is 395 g/mol. The lowest BCUT2D eigenvalue weighted by atomic mass is 10.2. The van der Waals surface area contributed by atoms with Crippen LogP contribution in [0.3, 0.4) is 0 Å². The molecule has 0 spiro atoms. The second-order valence-corrected chi connectivity index (χ2v) is 8.77. The van der Waals surface area contributed by atoms with Crippen LogP contribution in [0.4, 0.5) is 4.39 Å². The number of amides is 1. The number of hydrogen-bond acceptors (Lipinski definition) is 4. The number of halogens is 1. The molecular formula is C21H27FN2O4S. The third-order valence-corrected chi connectivity index (χ3v) is 5.87. The van der Waals surface area contributed by atoms with Gasteiger partial charge in [0.25, 0.3) is 0 Å². The molecule has 158 valence electrons. The summed E-state index contributed by atoms with van der Waals surface area (Å²) in [5.74, 6) is -0.934. The van der Waals surface area contributed by atoms with Crippen molar-refractivity contribution >= 4 is 15.9 Å². The number of ether oxygens (including phenoxy) is 1. The van der Waals surface area contributed by atoms with Gasteiger partial charge in [0.1, 0.15) is 5.82 Å². The van der Waals surface area contributed by atoms with Gasteiger partial charge in [0.05, 0.1) is 17.5 Å². The van der Waals surface area contributed by atoms with Gasteiger partial charge in [0.15, 0.2) is 0 Å². The predicted octanol–water partition coefficient (Wildman–Crippen LogP) is 2.95. The van der Waals surface area contributed by atoms with E-state index in [1.54, 1.807) is 24.3 Å². The molecule has 29 heavy (non-hydrogen) atoms. The van der Waals surface area contributed by atoms with Gasteiger partial charge in [-0.15, -0.1) is 0 Å². The maximum absolute atomic E-state index is 13.2. The van der Waals surface area contributed by atoms with Crippen molar-refractivity contribution in [3.63, 3.8) is 0 Å². The Morgan fingerprint density at radius 2 is 1.76 bits per heavy atom. The molecule has 0 aliphatic carbocycles. The van der Waals surface area contributed by atoms with E-state index in [1.165, 1.54) is 12.1 Å². The van der Waals surface area contributed by atoms with Crippen LogP contribution in [-0.2, 0) is 26.1 Å². The Morgan fingerprint density at radius 1 is 1.10 bits per heavy atom. The van der Waals surface area contributed by atoms with Crippen LogP contribution in [0.15, 0.2) is 59.5 Å². The first kappa shape index (κ1) is 23.0. The third-order valence-electron chi connectivity index (χ3n) is 4.07. The van der Waals surface area contributed by atoms with E-state index >= 15 is 0 Å². The van der Waals surface area contributed by atoms with Crippen LogP contribution in [0.2, 0.25) is 0 Å². The molecule has 1 N–H and O–H groups in total. The van der Waals surface area contributed by atoms with Crippen molar-refractivity contribution in [2.24, 2.45) is 0 Å². The molecule has 2 aromatic rings. The van der Waals surface area contributed by atoms with E-state index in [0.29, 0.717) is 19.6 Å². The molecule has 2 aromatic carbocycles. The monoisotopic (exact) mass is 422 g/mol. The molecule has 0 saturated heterocycles. The molecule has 0 heterocycles. The molecule has 0 bridgehead atoms. The zero-order valence-corrected chi connectivity index (χ0v) is 17.5. The molecule has 0 fully saturated rings. The number of carbonyl (C=O) groups excluding carboxylic acids is 1. The molecule has 0 aliphatic heterocycles. The first-order chi connectivity index (χ1) is 13.8. The van der Waals surface area contributed by atoms with Crippen molar-refractivity contribution < 1.29 is 22.3 Å². The maximum Gasteiger partial charge on any atom is 0.243 e. The highest BCUT2D eigenvalue weighted by Gasteiger charge is 2.26. The number of nitrogens with one attached hydrogen (secondary N) is 1. The molecule has 0 aromatic heterocycles. The summed E-state index contributed by atoms with van der Waals surface area (Å²) in [6.07, 6.45) is 0.751. The van der Waals surface area contributed by atoms with Crippen LogP contribution in [0.5, 0.6) is 0 Å². The van der Waals surface area contributed by atoms with Gasteiger partial charge < -0.3 is 10.1 Å². The van der Waals surface area contributed by atoms with E-state index in [1.807, 2.05) is 19.9 Å². The first-order valence-electron chi connectivity index (χ1n) is 9.47. The van der Waals surface area contributed by atoms with Gasteiger partial charge in [-0.1, -0.05) is 30.3 Å². The summed E-state index contributed by atoms with van der Waals surface area (Å²) in [5.41, 5.74) is 0.747. The van der Waals surface area contributed by atoms with Crippen LogP contribution >= 0.6 is 0 Å². The fraction of sp³-hybridized carbons (Fsp3) is 0.381. The summed E-state index contributed by atoms with van der Waals surface area (Å²) < 4.78 is 45.8. The van der Waals surface area contributed by atoms with E-state index in [-0.39, 0.29) is 24.1 Å². The quantitative estimate of drug-likeness (QED) is 0.565. The Bertz CT molecular complexity index is 871. The number of hydrogen-bond donors (Lipinski definition) is 1. The SMILES string of the molecule is CC(C)OCCCNC(=O)CN(Cc1ccccc1)S(=O)(=O)c1ccc(F)cc1.